The maximum atomic E-state index is 11.8. The maximum Gasteiger partial charge on any atom is 0.244 e. The lowest BCUT2D eigenvalue weighted by Crippen LogP contribution is -2.34. The normalized spacial score (nSPS) is 16.5. The quantitative estimate of drug-likeness (QED) is 0.843. The number of hydrogen-bond acceptors (Lipinski definition) is 2. The van der Waals surface area contributed by atoms with Crippen molar-refractivity contribution in [3.8, 4) is 5.75 Å². The van der Waals surface area contributed by atoms with Gasteiger partial charge in [-0.25, -0.2) is 0 Å². The van der Waals surface area contributed by atoms with Crippen molar-refractivity contribution in [3.05, 3.63) is 35.9 Å². The third kappa shape index (κ3) is 4.12. The Kier molecular flexibility index (Phi) is 5.01. The fraction of sp³-hybridized carbons (Fsp3) is 0.438. The molecule has 0 spiro atoms. The van der Waals surface area contributed by atoms with Crippen LogP contribution in [-0.2, 0) is 4.79 Å². The van der Waals surface area contributed by atoms with Crippen LogP contribution in [-0.4, -0.2) is 19.1 Å². The SMILES string of the molecule is COc1ccccc1/C=C/C(=O)NC1CCCCC1. The molecule has 1 aromatic carbocycles. The van der Waals surface area contributed by atoms with Gasteiger partial charge in [0, 0.05) is 17.7 Å². The molecule has 0 aromatic heterocycles. The van der Waals surface area contributed by atoms with Crippen LogP contribution in [0.25, 0.3) is 6.08 Å². The summed E-state index contributed by atoms with van der Waals surface area (Å²) in [6.07, 6.45) is 9.34. The van der Waals surface area contributed by atoms with Crippen LogP contribution in [0.15, 0.2) is 30.3 Å². The van der Waals surface area contributed by atoms with Crippen molar-refractivity contribution >= 4 is 12.0 Å². The van der Waals surface area contributed by atoms with E-state index in [9.17, 15) is 4.79 Å². The molecule has 1 aliphatic rings. The van der Waals surface area contributed by atoms with E-state index in [1.54, 1.807) is 19.3 Å². The van der Waals surface area contributed by atoms with Crippen LogP contribution in [0.1, 0.15) is 37.7 Å². The Labute approximate surface area is 114 Å². The highest BCUT2D eigenvalue weighted by molar-refractivity contribution is 5.92. The molecule has 1 fully saturated rings. The van der Waals surface area contributed by atoms with Gasteiger partial charge in [-0.1, -0.05) is 37.5 Å². The molecule has 0 atom stereocenters. The number of methoxy groups -OCH3 is 1. The Hall–Kier alpha value is -1.77. The van der Waals surface area contributed by atoms with Crippen LogP contribution < -0.4 is 10.1 Å². The minimum absolute atomic E-state index is 0.0159. The summed E-state index contributed by atoms with van der Waals surface area (Å²) >= 11 is 0. The molecule has 3 nitrogen and oxygen atoms in total. The molecule has 0 heterocycles. The number of rotatable bonds is 4. The summed E-state index contributed by atoms with van der Waals surface area (Å²) in [5, 5.41) is 3.06. The lowest BCUT2D eigenvalue weighted by molar-refractivity contribution is -0.117. The molecular formula is C16H21NO2. The van der Waals surface area contributed by atoms with E-state index in [1.807, 2.05) is 24.3 Å². The molecule has 1 saturated carbocycles. The van der Waals surface area contributed by atoms with Crippen molar-refractivity contribution in [1.82, 2.24) is 5.32 Å². The summed E-state index contributed by atoms with van der Waals surface area (Å²) in [5.41, 5.74) is 0.920. The van der Waals surface area contributed by atoms with Gasteiger partial charge in [0.2, 0.25) is 5.91 Å². The van der Waals surface area contributed by atoms with Crippen LogP contribution in [0.5, 0.6) is 5.75 Å². The van der Waals surface area contributed by atoms with E-state index >= 15 is 0 Å². The number of carbonyl (C=O) groups is 1. The predicted octanol–water partition coefficient (Wildman–Crippen LogP) is 3.16. The summed E-state index contributed by atoms with van der Waals surface area (Å²) in [4.78, 5) is 11.8. The van der Waals surface area contributed by atoms with E-state index in [4.69, 9.17) is 4.74 Å². The van der Waals surface area contributed by atoms with Gasteiger partial charge in [-0.15, -0.1) is 0 Å². The topological polar surface area (TPSA) is 38.3 Å². The summed E-state index contributed by atoms with van der Waals surface area (Å²) in [6, 6.07) is 8.02. The minimum Gasteiger partial charge on any atom is -0.496 e. The first kappa shape index (κ1) is 13.7. The second-order valence-corrected chi connectivity index (χ2v) is 4.92. The Morgan fingerprint density at radius 2 is 2.00 bits per heavy atom. The average Bonchev–Trinajstić information content (AvgIpc) is 2.46. The summed E-state index contributed by atoms with van der Waals surface area (Å²) in [6.45, 7) is 0. The van der Waals surface area contributed by atoms with Crippen LogP contribution in [0.2, 0.25) is 0 Å². The Bertz CT molecular complexity index is 448. The van der Waals surface area contributed by atoms with Crippen molar-refractivity contribution in [2.24, 2.45) is 0 Å². The molecule has 1 aromatic rings. The van der Waals surface area contributed by atoms with E-state index in [2.05, 4.69) is 5.32 Å². The Morgan fingerprint density at radius 1 is 1.26 bits per heavy atom. The lowest BCUT2D eigenvalue weighted by atomic mass is 9.95. The highest BCUT2D eigenvalue weighted by Gasteiger charge is 2.14. The van der Waals surface area contributed by atoms with Gasteiger partial charge in [0.25, 0.3) is 0 Å². The molecule has 1 amide bonds. The van der Waals surface area contributed by atoms with E-state index in [0.29, 0.717) is 6.04 Å². The number of carbonyl (C=O) groups excluding carboxylic acids is 1. The second-order valence-electron chi connectivity index (χ2n) is 4.92. The van der Waals surface area contributed by atoms with Gasteiger partial charge in [0.15, 0.2) is 0 Å². The van der Waals surface area contributed by atoms with E-state index in [-0.39, 0.29) is 5.91 Å². The zero-order valence-electron chi connectivity index (χ0n) is 11.4. The molecule has 102 valence electrons. The lowest BCUT2D eigenvalue weighted by Gasteiger charge is -2.21. The Morgan fingerprint density at radius 3 is 2.74 bits per heavy atom. The van der Waals surface area contributed by atoms with Gasteiger partial charge in [-0.05, 0) is 25.0 Å². The summed E-state index contributed by atoms with van der Waals surface area (Å²) in [7, 11) is 1.63. The number of nitrogens with one attached hydrogen (secondary N) is 1. The second kappa shape index (κ2) is 6.98. The van der Waals surface area contributed by atoms with Crippen LogP contribution in [0.4, 0.5) is 0 Å². The highest BCUT2D eigenvalue weighted by Crippen LogP contribution is 2.19. The fourth-order valence-corrected chi connectivity index (χ4v) is 2.47. The van der Waals surface area contributed by atoms with Gasteiger partial charge < -0.3 is 10.1 Å². The molecule has 19 heavy (non-hydrogen) atoms. The predicted molar refractivity (Wildman–Crippen MR) is 77.0 cm³/mol. The van der Waals surface area contributed by atoms with Gasteiger partial charge in [0.1, 0.15) is 5.75 Å². The molecule has 0 unspecified atom stereocenters. The number of hydrogen-bond donors (Lipinski definition) is 1. The standard InChI is InChI=1S/C16H21NO2/c1-19-15-10-6-5-7-13(15)11-12-16(18)17-14-8-3-2-4-9-14/h5-7,10-12,14H,2-4,8-9H2,1H3,(H,17,18)/b12-11+. The first-order valence-corrected chi connectivity index (χ1v) is 6.91. The molecule has 1 aliphatic carbocycles. The van der Waals surface area contributed by atoms with Crippen molar-refractivity contribution in [2.45, 2.75) is 38.1 Å². The van der Waals surface area contributed by atoms with E-state index in [1.165, 1.54) is 19.3 Å². The molecular weight excluding hydrogens is 238 g/mol. The van der Waals surface area contributed by atoms with E-state index < -0.39 is 0 Å². The molecule has 0 saturated heterocycles. The van der Waals surface area contributed by atoms with Crippen molar-refractivity contribution in [2.75, 3.05) is 7.11 Å². The van der Waals surface area contributed by atoms with E-state index in [0.717, 1.165) is 24.2 Å². The fourth-order valence-electron chi connectivity index (χ4n) is 2.47. The van der Waals surface area contributed by atoms with Crippen molar-refractivity contribution < 1.29 is 9.53 Å². The number of amides is 1. The van der Waals surface area contributed by atoms with Gasteiger partial charge >= 0.3 is 0 Å². The third-order valence-electron chi connectivity index (χ3n) is 3.50. The number of benzene rings is 1. The largest absolute Gasteiger partial charge is 0.496 e. The van der Waals surface area contributed by atoms with Gasteiger partial charge in [-0.2, -0.15) is 0 Å². The smallest absolute Gasteiger partial charge is 0.244 e. The first-order valence-electron chi connectivity index (χ1n) is 6.91. The van der Waals surface area contributed by atoms with Gasteiger partial charge in [-0.3, -0.25) is 4.79 Å². The molecule has 2 rings (SSSR count). The minimum atomic E-state index is -0.0159. The molecule has 0 bridgehead atoms. The molecule has 0 radical (unpaired) electrons. The molecule has 3 heteroatoms. The average molecular weight is 259 g/mol. The number of ether oxygens (including phenoxy) is 1. The number of para-hydroxylation sites is 1. The van der Waals surface area contributed by atoms with Crippen molar-refractivity contribution in [1.29, 1.82) is 0 Å². The van der Waals surface area contributed by atoms with Crippen LogP contribution in [0.3, 0.4) is 0 Å². The summed E-state index contributed by atoms with van der Waals surface area (Å²) < 4.78 is 5.24. The van der Waals surface area contributed by atoms with Gasteiger partial charge in [0.05, 0.1) is 7.11 Å². The zero-order valence-corrected chi connectivity index (χ0v) is 11.4. The highest BCUT2D eigenvalue weighted by atomic mass is 16.5. The first-order chi connectivity index (χ1) is 9.29. The van der Waals surface area contributed by atoms with Crippen molar-refractivity contribution in [3.63, 3.8) is 0 Å². The molecule has 0 aliphatic heterocycles. The summed E-state index contributed by atoms with van der Waals surface area (Å²) in [5.74, 6) is 0.766. The Balaban J connectivity index is 1.92. The molecule has 1 N–H and O–H groups in total. The zero-order chi connectivity index (χ0) is 13.5. The van der Waals surface area contributed by atoms with Crippen LogP contribution >= 0.6 is 0 Å². The monoisotopic (exact) mass is 259 g/mol. The van der Waals surface area contributed by atoms with Crippen LogP contribution in [0, 0.1) is 0 Å². The maximum absolute atomic E-state index is 11.8. The third-order valence-corrected chi connectivity index (χ3v) is 3.50.